The minimum absolute atomic E-state index is 0.0250. The third kappa shape index (κ3) is 7.86. The summed E-state index contributed by atoms with van der Waals surface area (Å²) in [7, 11) is -3.28. The zero-order valence-electron chi connectivity index (χ0n) is 25.5. The molecular formula is C31H37ClN4O7S. The van der Waals surface area contributed by atoms with E-state index in [2.05, 4.69) is 5.32 Å². The largest absolute Gasteiger partial charge is 0.495 e. The molecule has 0 heterocycles. The van der Waals surface area contributed by atoms with Crippen molar-refractivity contribution in [2.75, 3.05) is 18.0 Å². The van der Waals surface area contributed by atoms with E-state index in [4.69, 9.17) is 16.3 Å². The fourth-order valence-electron chi connectivity index (χ4n) is 4.46. The van der Waals surface area contributed by atoms with Crippen LogP contribution in [0.25, 0.3) is 0 Å². The van der Waals surface area contributed by atoms with E-state index in [0.29, 0.717) is 6.42 Å². The molecule has 13 heteroatoms. The number of nitrogens with zero attached hydrogens (tertiary/aromatic N) is 3. The van der Waals surface area contributed by atoms with Crippen molar-refractivity contribution in [3.05, 3.63) is 92.5 Å². The number of carbonyl (C=O) groups excluding carboxylic acids is 2. The van der Waals surface area contributed by atoms with E-state index < -0.39 is 49.9 Å². The van der Waals surface area contributed by atoms with Crippen LogP contribution in [-0.2, 0) is 26.2 Å². The number of rotatable bonds is 13. The maximum absolute atomic E-state index is 14.2. The fraction of sp³-hybridized carbons (Fsp3) is 0.355. The van der Waals surface area contributed by atoms with Gasteiger partial charge in [0.05, 0.1) is 22.6 Å². The molecule has 0 saturated heterocycles. The summed E-state index contributed by atoms with van der Waals surface area (Å²) in [5.74, 6) is -0.988. The molecule has 3 aromatic carbocycles. The van der Waals surface area contributed by atoms with Crippen LogP contribution >= 0.6 is 11.6 Å². The van der Waals surface area contributed by atoms with Crippen LogP contribution in [0.15, 0.2) is 65.6 Å². The maximum Gasteiger partial charge on any atom is 0.273 e. The minimum Gasteiger partial charge on any atom is -0.495 e. The van der Waals surface area contributed by atoms with Gasteiger partial charge in [0.25, 0.3) is 15.7 Å². The van der Waals surface area contributed by atoms with Gasteiger partial charge in [0, 0.05) is 29.2 Å². The standard InChI is InChI=1S/C31H37ClN4O7S/c1-7-22(4)33-31(38)23(5)34(18-24-11-9-8-10-20(24)2)30(37)19-35(28-16-25(32)13-15-29(28)43-6)44(41,42)26-14-12-21(3)27(17-26)36(39)40/h8-17,22-23H,7,18-19H2,1-6H3,(H,33,38)/t22-,23+/m0/s1. The van der Waals surface area contributed by atoms with Gasteiger partial charge >= 0.3 is 0 Å². The van der Waals surface area contributed by atoms with Crippen LogP contribution in [0.5, 0.6) is 5.75 Å². The second-order valence-corrected chi connectivity index (χ2v) is 12.8. The van der Waals surface area contributed by atoms with Crippen molar-refractivity contribution in [2.45, 2.75) is 64.6 Å². The van der Waals surface area contributed by atoms with Gasteiger partial charge in [-0.25, -0.2) is 8.42 Å². The second-order valence-electron chi connectivity index (χ2n) is 10.5. The number of halogens is 1. The number of aryl methyl sites for hydroxylation is 2. The predicted molar refractivity (Wildman–Crippen MR) is 169 cm³/mol. The van der Waals surface area contributed by atoms with E-state index in [1.807, 2.05) is 45.0 Å². The molecule has 11 nitrogen and oxygen atoms in total. The number of hydrogen-bond donors (Lipinski definition) is 1. The predicted octanol–water partition coefficient (Wildman–Crippen LogP) is 5.40. The van der Waals surface area contributed by atoms with Crippen molar-refractivity contribution in [2.24, 2.45) is 0 Å². The Bertz CT molecular complexity index is 1650. The number of methoxy groups -OCH3 is 1. The summed E-state index contributed by atoms with van der Waals surface area (Å²) in [5, 5.41) is 14.7. The van der Waals surface area contributed by atoms with E-state index in [0.717, 1.165) is 21.5 Å². The van der Waals surface area contributed by atoms with Crippen LogP contribution in [0.2, 0.25) is 5.02 Å². The molecule has 0 aromatic heterocycles. The lowest BCUT2D eigenvalue weighted by atomic mass is 10.1. The molecule has 2 amide bonds. The molecule has 236 valence electrons. The Hall–Kier alpha value is -4.16. The normalized spacial score (nSPS) is 12.6. The Labute approximate surface area is 263 Å². The summed E-state index contributed by atoms with van der Waals surface area (Å²) < 4.78 is 34.7. The first-order valence-corrected chi connectivity index (χ1v) is 15.8. The first-order valence-electron chi connectivity index (χ1n) is 14.0. The quantitative estimate of drug-likeness (QED) is 0.194. The topological polar surface area (TPSA) is 139 Å². The van der Waals surface area contributed by atoms with Crippen molar-refractivity contribution in [1.29, 1.82) is 0 Å². The molecule has 2 atom stereocenters. The molecule has 3 aromatic rings. The molecule has 0 aliphatic heterocycles. The first-order chi connectivity index (χ1) is 20.7. The summed E-state index contributed by atoms with van der Waals surface area (Å²) in [6.07, 6.45) is 0.674. The zero-order valence-corrected chi connectivity index (χ0v) is 27.1. The number of hydrogen-bond acceptors (Lipinski definition) is 7. The highest BCUT2D eigenvalue weighted by Crippen LogP contribution is 2.36. The zero-order chi connectivity index (χ0) is 32.8. The maximum atomic E-state index is 14.2. The Kier molecular flexibility index (Phi) is 11.3. The molecule has 0 unspecified atom stereocenters. The van der Waals surface area contributed by atoms with Crippen LogP contribution in [0.3, 0.4) is 0 Å². The van der Waals surface area contributed by atoms with Crippen LogP contribution in [-0.4, -0.2) is 55.8 Å². The number of ether oxygens (including phenoxy) is 1. The minimum atomic E-state index is -4.61. The summed E-state index contributed by atoms with van der Waals surface area (Å²) >= 11 is 6.26. The van der Waals surface area contributed by atoms with Gasteiger partial charge in [-0.3, -0.25) is 24.0 Å². The molecule has 0 radical (unpaired) electrons. The van der Waals surface area contributed by atoms with Gasteiger partial charge in [-0.05, 0) is 69.5 Å². The van der Waals surface area contributed by atoms with Crippen molar-refractivity contribution < 1.29 is 27.7 Å². The Morgan fingerprint density at radius 1 is 1.05 bits per heavy atom. The molecule has 0 spiro atoms. The van der Waals surface area contributed by atoms with E-state index >= 15 is 0 Å². The third-order valence-corrected chi connectivity index (χ3v) is 9.41. The lowest BCUT2D eigenvalue weighted by molar-refractivity contribution is -0.385. The average Bonchev–Trinajstić information content (AvgIpc) is 2.98. The lowest BCUT2D eigenvalue weighted by Crippen LogP contribution is -2.52. The van der Waals surface area contributed by atoms with Crippen LogP contribution < -0.4 is 14.4 Å². The van der Waals surface area contributed by atoms with Crippen molar-refractivity contribution in [3.63, 3.8) is 0 Å². The summed E-state index contributed by atoms with van der Waals surface area (Å²) in [5.41, 5.74) is 1.47. The molecule has 0 aliphatic carbocycles. The number of carbonyl (C=O) groups is 2. The molecule has 0 saturated carbocycles. The molecular weight excluding hydrogens is 608 g/mol. The van der Waals surface area contributed by atoms with Gasteiger partial charge in [0.2, 0.25) is 11.8 Å². The summed E-state index contributed by atoms with van der Waals surface area (Å²) in [6, 6.07) is 14.0. The van der Waals surface area contributed by atoms with Gasteiger partial charge < -0.3 is 15.0 Å². The number of anilines is 1. The number of benzene rings is 3. The number of sulfonamides is 1. The van der Waals surface area contributed by atoms with E-state index in [1.54, 1.807) is 6.92 Å². The molecule has 1 N–H and O–H groups in total. The van der Waals surface area contributed by atoms with E-state index in [1.165, 1.54) is 49.3 Å². The van der Waals surface area contributed by atoms with Gasteiger partial charge in [-0.15, -0.1) is 0 Å². The summed E-state index contributed by atoms with van der Waals surface area (Å²) in [6.45, 7) is 7.98. The average molecular weight is 645 g/mol. The molecule has 0 bridgehead atoms. The number of nitro groups is 1. The Balaban J connectivity index is 2.17. The van der Waals surface area contributed by atoms with Crippen LogP contribution in [0, 0.1) is 24.0 Å². The Morgan fingerprint density at radius 2 is 1.73 bits per heavy atom. The number of amides is 2. The van der Waals surface area contributed by atoms with Crippen LogP contribution in [0.4, 0.5) is 11.4 Å². The first kappa shape index (κ1) is 34.3. The summed E-state index contributed by atoms with van der Waals surface area (Å²) in [4.78, 5) is 39.3. The van der Waals surface area contributed by atoms with Gasteiger partial charge in [-0.1, -0.05) is 48.9 Å². The molecule has 44 heavy (non-hydrogen) atoms. The highest BCUT2D eigenvalue weighted by Gasteiger charge is 2.35. The van der Waals surface area contributed by atoms with Gasteiger partial charge in [0.15, 0.2) is 0 Å². The van der Waals surface area contributed by atoms with Gasteiger partial charge in [-0.2, -0.15) is 0 Å². The van der Waals surface area contributed by atoms with Gasteiger partial charge in [0.1, 0.15) is 18.3 Å². The molecule has 3 rings (SSSR count). The van der Waals surface area contributed by atoms with Crippen LogP contribution in [0.1, 0.15) is 43.9 Å². The van der Waals surface area contributed by atoms with E-state index in [-0.39, 0.29) is 34.6 Å². The number of nitro benzene ring substituents is 1. The SMILES string of the molecule is CC[C@H](C)NC(=O)[C@@H](C)N(Cc1ccccc1C)C(=O)CN(c1cc(Cl)ccc1OC)S(=O)(=O)c1ccc(C)c([N+](=O)[O-])c1. The molecule has 0 aliphatic rings. The second kappa shape index (κ2) is 14.5. The van der Waals surface area contributed by atoms with Crippen molar-refractivity contribution >= 4 is 44.8 Å². The third-order valence-electron chi connectivity index (χ3n) is 7.42. The highest BCUT2D eigenvalue weighted by atomic mass is 35.5. The highest BCUT2D eigenvalue weighted by molar-refractivity contribution is 7.92. The fourth-order valence-corrected chi connectivity index (χ4v) is 6.07. The number of nitrogens with one attached hydrogen (secondary N) is 1. The van der Waals surface area contributed by atoms with Crippen molar-refractivity contribution in [1.82, 2.24) is 10.2 Å². The van der Waals surface area contributed by atoms with E-state index in [9.17, 15) is 28.1 Å². The van der Waals surface area contributed by atoms with Crippen molar-refractivity contribution in [3.8, 4) is 5.75 Å². The molecule has 0 fully saturated rings. The smallest absolute Gasteiger partial charge is 0.273 e. The monoisotopic (exact) mass is 644 g/mol. The lowest BCUT2D eigenvalue weighted by Gasteiger charge is -2.33. The Morgan fingerprint density at radius 3 is 2.34 bits per heavy atom.